The van der Waals surface area contributed by atoms with E-state index < -0.39 is 0 Å². The Hall–Kier alpha value is -1.49. The predicted octanol–water partition coefficient (Wildman–Crippen LogP) is 2.63. The number of aromatic nitrogens is 2. The average molecular weight is 276 g/mol. The van der Waals surface area contributed by atoms with E-state index in [1.807, 2.05) is 0 Å². The van der Waals surface area contributed by atoms with Crippen molar-refractivity contribution in [2.75, 3.05) is 13.7 Å². The third-order valence-corrected chi connectivity index (χ3v) is 3.85. The fourth-order valence-corrected chi connectivity index (χ4v) is 2.49. The summed E-state index contributed by atoms with van der Waals surface area (Å²) in [5.74, 6) is 1.31. The zero-order valence-electron chi connectivity index (χ0n) is 12.0. The van der Waals surface area contributed by atoms with Crippen LogP contribution in [0.4, 0.5) is 0 Å². The van der Waals surface area contributed by atoms with Crippen LogP contribution in [0.3, 0.4) is 0 Å². The molecule has 0 radical (unpaired) electrons. The van der Waals surface area contributed by atoms with E-state index in [1.165, 1.54) is 12.8 Å². The first-order chi connectivity index (χ1) is 9.74. The van der Waals surface area contributed by atoms with Gasteiger partial charge in [-0.2, -0.15) is 0 Å². The van der Waals surface area contributed by atoms with Gasteiger partial charge in [0.15, 0.2) is 5.82 Å². The van der Waals surface area contributed by atoms with Gasteiger partial charge in [0.2, 0.25) is 0 Å². The number of methoxy groups -OCH3 is 1. The van der Waals surface area contributed by atoms with E-state index >= 15 is 0 Å². The summed E-state index contributed by atoms with van der Waals surface area (Å²) in [7, 11) is 1.70. The van der Waals surface area contributed by atoms with Crippen molar-refractivity contribution in [2.45, 2.75) is 44.6 Å². The zero-order valence-corrected chi connectivity index (χ0v) is 12.0. The molecule has 5 nitrogen and oxygen atoms in total. The number of hydrogen-bond donors (Lipinski definition) is 0. The molecule has 1 heterocycles. The van der Waals surface area contributed by atoms with Crippen molar-refractivity contribution in [3.8, 4) is 0 Å². The summed E-state index contributed by atoms with van der Waals surface area (Å²) in [6.45, 7) is 2.17. The molecule has 0 amide bonds. The van der Waals surface area contributed by atoms with E-state index in [2.05, 4.69) is 9.97 Å². The molecule has 0 bridgehead atoms. The lowest BCUT2D eigenvalue weighted by atomic mass is 10.1. The molecule has 0 saturated heterocycles. The highest BCUT2D eigenvalue weighted by Crippen LogP contribution is 2.44. The molecule has 5 heteroatoms. The summed E-state index contributed by atoms with van der Waals surface area (Å²) in [5, 5.41) is 0. The van der Waals surface area contributed by atoms with Crippen LogP contribution in [0.2, 0.25) is 0 Å². The van der Waals surface area contributed by atoms with E-state index in [1.54, 1.807) is 20.2 Å². The molecule has 1 aromatic heterocycles. The maximum absolute atomic E-state index is 12.0. The minimum Gasteiger partial charge on any atom is -0.462 e. The monoisotopic (exact) mass is 276 g/mol. The molecule has 108 valence electrons. The lowest BCUT2D eigenvalue weighted by Gasteiger charge is -2.15. The van der Waals surface area contributed by atoms with Gasteiger partial charge < -0.3 is 9.47 Å². The summed E-state index contributed by atoms with van der Waals surface area (Å²) < 4.78 is 10.6. The molecular weight excluding hydrogens is 256 g/mol. The lowest BCUT2D eigenvalue weighted by molar-refractivity contribution is 0.0521. The van der Waals surface area contributed by atoms with E-state index in [0.717, 1.165) is 18.5 Å². The predicted molar refractivity (Wildman–Crippen MR) is 72.4 cm³/mol. The fourth-order valence-electron chi connectivity index (χ4n) is 2.49. The number of rotatable bonds is 6. The minimum absolute atomic E-state index is 0.0382. The van der Waals surface area contributed by atoms with Gasteiger partial charge in [-0.3, -0.25) is 0 Å². The molecule has 0 aliphatic heterocycles. The summed E-state index contributed by atoms with van der Waals surface area (Å²) in [4.78, 5) is 20.9. The van der Waals surface area contributed by atoms with Gasteiger partial charge in [0, 0.05) is 19.2 Å². The highest BCUT2D eigenvalue weighted by Gasteiger charge is 2.37. The van der Waals surface area contributed by atoms with Crippen LogP contribution in [0.15, 0.2) is 6.20 Å². The molecule has 2 saturated carbocycles. The van der Waals surface area contributed by atoms with Crippen LogP contribution < -0.4 is 0 Å². The van der Waals surface area contributed by atoms with Gasteiger partial charge >= 0.3 is 5.97 Å². The van der Waals surface area contributed by atoms with Crippen molar-refractivity contribution in [3.05, 3.63) is 23.3 Å². The van der Waals surface area contributed by atoms with Crippen molar-refractivity contribution in [2.24, 2.45) is 5.92 Å². The standard InChI is InChI=1S/C15H20N2O3/c1-3-20-15(18)11-8-16-14(13(19-2)10-6-7-10)17-12(11)9-4-5-9/h8-10,13H,3-7H2,1-2H3. The molecule has 0 aromatic carbocycles. The first-order valence-electron chi connectivity index (χ1n) is 7.31. The first-order valence-corrected chi connectivity index (χ1v) is 7.31. The molecule has 1 unspecified atom stereocenters. The molecule has 0 N–H and O–H groups in total. The third-order valence-electron chi connectivity index (χ3n) is 3.85. The van der Waals surface area contributed by atoms with Gasteiger partial charge in [-0.15, -0.1) is 0 Å². The van der Waals surface area contributed by atoms with Gasteiger partial charge in [-0.1, -0.05) is 0 Å². The Labute approximate surface area is 118 Å². The smallest absolute Gasteiger partial charge is 0.341 e. The number of ether oxygens (including phenoxy) is 2. The Balaban J connectivity index is 1.90. The lowest BCUT2D eigenvalue weighted by Crippen LogP contribution is -2.15. The maximum atomic E-state index is 12.0. The molecule has 2 aliphatic rings. The SMILES string of the molecule is CCOC(=O)c1cnc(C(OC)C2CC2)nc1C1CC1. The van der Waals surface area contributed by atoms with Gasteiger partial charge in [-0.05, 0) is 38.5 Å². The van der Waals surface area contributed by atoms with Gasteiger partial charge in [0.1, 0.15) is 6.10 Å². The number of nitrogens with zero attached hydrogens (tertiary/aromatic N) is 2. The second kappa shape index (κ2) is 5.48. The van der Waals surface area contributed by atoms with Crippen LogP contribution in [0.25, 0.3) is 0 Å². The maximum Gasteiger partial charge on any atom is 0.341 e. The number of carbonyl (C=O) groups is 1. The largest absolute Gasteiger partial charge is 0.462 e. The summed E-state index contributed by atoms with van der Waals surface area (Å²) >= 11 is 0. The fraction of sp³-hybridized carbons (Fsp3) is 0.667. The second-order valence-electron chi connectivity index (χ2n) is 5.52. The summed E-state index contributed by atoms with van der Waals surface area (Å²) in [5.41, 5.74) is 1.36. The van der Waals surface area contributed by atoms with E-state index in [4.69, 9.17) is 9.47 Å². The van der Waals surface area contributed by atoms with Gasteiger partial charge in [0.05, 0.1) is 17.9 Å². The Morgan fingerprint density at radius 3 is 2.70 bits per heavy atom. The molecule has 0 spiro atoms. The molecule has 3 rings (SSSR count). The Morgan fingerprint density at radius 1 is 1.40 bits per heavy atom. The van der Waals surface area contributed by atoms with Crippen molar-refractivity contribution >= 4 is 5.97 Å². The Kier molecular flexibility index (Phi) is 3.70. The van der Waals surface area contributed by atoms with E-state index in [-0.39, 0.29) is 12.1 Å². The quantitative estimate of drug-likeness (QED) is 0.747. The van der Waals surface area contributed by atoms with Crippen LogP contribution >= 0.6 is 0 Å². The number of hydrogen-bond acceptors (Lipinski definition) is 5. The Morgan fingerprint density at radius 2 is 2.15 bits per heavy atom. The zero-order chi connectivity index (χ0) is 14.1. The second-order valence-corrected chi connectivity index (χ2v) is 5.52. The van der Waals surface area contributed by atoms with Crippen molar-refractivity contribution in [3.63, 3.8) is 0 Å². The topological polar surface area (TPSA) is 61.3 Å². The first kappa shape index (κ1) is 13.5. The highest BCUT2D eigenvalue weighted by atomic mass is 16.5. The molecule has 2 fully saturated rings. The van der Waals surface area contributed by atoms with Crippen LogP contribution in [-0.2, 0) is 9.47 Å². The van der Waals surface area contributed by atoms with Gasteiger partial charge in [-0.25, -0.2) is 14.8 Å². The van der Waals surface area contributed by atoms with Crippen LogP contribution in [0, 0.1) is 5.92 Å². The number of carbonyl (C=O) groups excluding carboxylic acids is 1. The van der Waals surface area contributed by atoms with Crippen molar-refractivity contribution < 1.29 is 14.3 Å². The molecule has 20 heavy (non-hydrogen) atoms. The normalized spacial score (nSPS) is 19.7. The molecule has 1 aromatic rings. The number of esters is 1. The van der Waals surface area contributed by atoms with Crippen LogP contribution in [0.1, 0.15) is 66.5 Å². The van der Waals surface area contributed by atoms with Crippen molar-refractivity contribution in [1.82, 2.24) is 9.97 Å². The molecule has 1 atom stereocenters. The third kappa shape index (κ3) is 2.68. The van der Waals surface area contributed by atoms with Gasteiger partial charge in [0.25, 0.3) is 0 Å². The van der Waals surface area contributed by atoms with Crippen LogP contribution in [0.5, 0.6) is 0 Å². The summed E-state index contributed by atoms with van der Waals surface area (Å²) in [6.07, 6.45) is 6.08. The van der Waals surface area contributed by atoms with E-state index in [0.29, 0.717) is 29.8 Å². The van der Waals surface area contributed by atoms with Crippen LogP contribution in [-0.4, -0.2) is 29.7 Å². The van der Waals surface area contributed by atoms with Crippen molar-refractivity contribution in [1.29, 1.82) is 0 Å². The highest BCUT2D eigenvalue weighted by molar-refractivity contribution is 5.90. The molecule has 2 aliphatic carbocycles. The molecular formula is C15H20N2O3. The summed E-state index contributed by atoms with van der Waals surface area (Å²) in [6, 6.07) is 0. The average Bonchev–Trinajstić information content (AvgIpc) is 3.32. The van der Waals surface area contributed by atoms with E-state index in [9.17, 15) is 4.79 Å². The minimum atomic E-state index is -0.318. The Bertz CT molecular complexity index is 510.